The summed E-state index contributed by atoms with van der Waals surface area (Å²) in [6.07, 6.45) is 3.18. The van der Waals surface area contributed by atoms with Crippen molar-refractivity contribution < 1.29 is 23.5 Å². The van der Waals surface area contributed by atoms with Gasteiger partial charge in [-0.05, 0) is 50.5 Å². The number of hydrogen-bond acceptors (Lipinski definition) is 6. The van der Waals surface area contributed by atoms with Crippen molar-refractivity contribution in [1.29, 1.82) is 0 Å². The van der Waals surface area contributed by atoms with Crippen molar-refractivity contribution in [3.63, 3.8) is 0 Å². The van der Waals surface area contributed by atoms with Gasteiger partial charge in [-0.25, -0.2) is 0 Å². The number of nitrogens with zero attached hydrogens (tertiary/aromatic N) is 3. The molecule has 0 unspecified atom stereocenters. The van der Waals surface area contributed by atoms with Gasteiger partial charge in [0.2, 0.25) is 5.91 Å². The molecular formula is C25H32N4O5. The number of likely N-dealkylation sites (tertiary alicyclic amines) is 1. The lowest BCUT2D eigenvalue weighted by Crippen LogP contribution is -2.57. The summed E-state index contributed by atoms with van der Waals surface area (Å²) in [4.78, 5) is 44.4. The number of para-hydroxylation sites is 1. The Balaban J connectivity index is 1.45. The van der Waals surface area contributed by atoms with Crippen LogP contribution in [0.1, 0.15) is 36.7 Å². The van der Waals surface area contributed by atoms with E-state index in [1.165, 1.54) is 6.26 Å². The average molecular weight is 469 g/mol. The van der Waals surface area contributed by atoms with E-state index in [4.69, 9.17) is 9.15 Å². The van der Waals surface area contributed by atoms with Gasteiger partial charge in [0.05, 0.1) is 12.9 Å². The first-order valence-electron chi connectivity index (χ1n) is 11.8. The van der Waals surface area contributed by atoms with Crippen LogP contribution in [0.5, 0.6) is 0 Å². The van der Waals surface area contributed by atoms with Gasteiger partial charge in [-0.2, -0.15) is 0 Å². The van der Waals surface area contributed by atoms with E-state index in [-0.39, 0.29) is 24.3 Å². The average Bonchev–Trinajstić information content (AvgIpc) is 3.49. The molecule has 3 amide bonds. The summed E-state index contributed by atoms with van der Waals surface area (Å²) in [6, 6.07) is 13.1. The SMILES string of the molecule is CCOCCCNC(=O)CN1CN(c2ccccc2)C2(CCN(C(=O)c3ccco3)CC2)C1=O. The highest BCUT2D eigenvalue weighted by molar-refractivity contribution is 5.97. The molecule has 0 saturated carbocycles. The van der Waals surface area contributed by atoms with Crippen molar-refractivity contribution in [2.45, 2.75) is 31.7 Å². The fourth-order valence-electron chi connectivity index (χ4n) is 4.73. The molecule has 9 heteroatoms. The van der Waals surface area contributed by atoms with E-state index in [0.717, 1.165) is 12.1 Å². The Bertz CT molecular complexity index is 970. The van der Waals surface area contributed by atoms with Crippen LogP contribution in [-0.4, -0.2) is 79.1 Å². The molecule has 0 bridgehead atoms. The molecule has 34 heavy (non-hydrogen) atoms. The van der Waals surface area contributed by atoms with E-state index in [1.54, 1.807) is 21.9 Å². The van der Waals surface area contributed by atoms with Crippen molar-refractivity contribution in [2.75, 3.05) is 51.0 Å². The zero-order valence-electron chi connectivity index (χ0n) is 19.6. The molecule has 2 aliphatic rings. The molecule has 1 spiro atoms. The van der Waals surface area contributed by atoms with Gasteiger partial charge in [-0.3, -0.25) is 14.4 Å². The monoisotopic (exact) mass is 468 g/mol. The van der Waals surface area contributed by atoms with Gasteiger partial charge in [0, 0.05) is 38.5 Å². The minimum atomic E-state index is -0.781. The van der Waals surface area contributed by atoms with Gasteiger partial charge >= 0.3 is 0 Å². The van der Waals surface area contributed by atoms with E-state index >= 15 is 0 Å². The van der Waals surface area contributed by atoms with Crippen LogP contribution in [-0.2, 0) is 14.3 Å². The molecule has 1 aromatic heterocycles. The first-order valence-corrected chi connectivity index (χ1v) is 11.8. The van der Waals surface area contributed by atoms with Crippen LogP contribution in [0.3, 0.4) is 0 Å². The summed E-state index contributed by atoms with van der Waals surface area (Å²) >= 11 is 0. The van der Waals surface area contributed by atoms with Crippen LogP contribution >= 0.6 is 0 Å². The van der Waals surface area contributed by atoms with E-state index in [1.807, 2.05) is 37.3 Å². The molecule has 2 aromatic rings. The zero-order valence-corrected chi connectivity index (χ0v) is 19.6. The Kier molecular flexibility index (Phi) is 7.52. The smallest absolute Gasteiger partial charge is 0.289 e. The normalized spacial score (nSPS) is 17.4. The first kappa shape index (κ1) is 23.8. The van der Waals surface area contributed by atoms with Crippen molar-refractivity contribution in [3.05, 3.63) is 54.5 Å². The molecule has 9 nitrogen and oxygen atoms in total. The fourth-order valence-corrected chi connectivity index (χ4v) is 4.73. The van der Waals surface area contributed by atoms with E-state index in [0.29, 0.717) is 58.1 Å². The summed E-state index contributed by atoms with van der Waals surface area (Å²) in [5, 5.41) is 2.88. The minimum Gasteiger partial charge on any atom is -0.459 e. The highest BCUT2D eigenvalue weighted by atomic mass is 16.5. The Labute approximate surface area is 199 Å². The molecule has 2 saturated heterocycles. The number of rotatable bonds is 9. The number of anilines is 1. The van der Waals surface area contributed by atoms with Crippen LogP contribution in [0.25, 0.3) is 0 Å². The topological polar surface area (TPSA) is 95.3 Å². The highest BCUT2D eigenvalue weighted by Crippen LogP contribution is 2.39. The van der Waals surface area contributed by atoms with Gasteiger partial charge in [0.15, 0.2) is 5.76 Å². The van der Waals surface area contributed by atoms with Crippen LogP contribution in [0.15, 0.2) is 53.1 Å². The van der Waals surface area contributed by atoms with Crippen molar-refractivity contribution in [2.24, 2.45) is 0 Å². The Morgan fingerprint density at radius 2 is 1.88 bits per heavy atom. The maximum Gasteiger partial charge on any atom is 0.289 e. The molecule has 2 aliphatic heterocycles. The number of hydrogen-bond donors (Lipinski definition) is 1. The lowest BCUT2D eigenvalue weighted by Gasteiger charge is -2.43. The van der Waals surface area contributed by atoms with Crippen molar-refractivity contribution >= 4 is 23.4 Å². The first-order chi connectivity index (χ1) is 16.5. The molecule has 1 aromatic carbocycles. The van der Waals surface area contributed by atoms with E-state index in [9.17, 15) is 14.4 Å². The second kappa shape index (κ2) is 10.7. The summed E-state index contributed by atoms with van der Waals surface area (Å²) in [7, 11) is 0. The van der Waals surface area contributed by atoms with E-state index in [2.05, 4.69) is 10.2 Å². The third-order valence-corrected chi connectivity index (χ3v) is 6.52. The molecule has 1 N–H and O–H groups in total. The summed E-state index contributed by atoms with van der Waals surface area (Å²) in [6.45, 7) is 4.91. The molecule has 0 aliphatic carbocycles. The predicted octanol–water partition coefficient (Wildman–Crippen LogP) is 2.10. The summed E-state index contributed by atoms with van der Waals surface area (Å²) in [5.41, 5.74) is 0.151. The van der Waals surface area contributed by atoms with Crippen molar-refractivity contribution in [1.82, 2.24) is 15.1 Å². The number of carbonyl (C=O) groups excluding carboxylic acids is 3. The predicted molar refractivity (Wildman–Crippen MR) is 126 cm³/mol. The molecule has 2 fully saturated rings. The van der Waals surface area contributed by atoms with Gasteiger partial charge in [-0.1, -0.05) is 18.2 Å². The number of piperidine rings is 1. The molecule has 182 valence electrons. The van der Waals surface area contributed by atoms with Crippen LogP contribution in [0.2, 0.25) is 0 Å². The highest BCUT2D eigenvalue weighted by Gasteiger charge is 2.54. The third kappa shape index (κ3) is 4.94. The number of nitrogens with one attached hydrogen (secondary N) is 1. The van der Waals surface area contributed by atoms with Gasteiger partial charge in [0.25, 0.3) is 11.8 Å². The number of amides is 3. The zero-order chi connectivity index (χ0) is 24.0. The molecule has 4 rings (SSSR count). The standard InChI is InChI=1S/C25H32N4O5/c1-2-33-16-7-13-26-22(30)18-28-19-29(20-8-4-3-5-9-20)25(24(28)32)11-14-27(15-12-25)23(31)21-10-6-17-34-21/h3-6,8-10,17H,2,7,11-16,18-19H2,1H3,(H,26,30). The Hall–Kier alpha value is -3.33. The van der Waals surface area contributed by atoms with Crippen LogP contribution < -0.4 is 10.2 Å². The molecule has 0 radical (unpaired) electrons. The lowest BCUT2D eigenvalue weighted by atomic mass is 9.85. The Morgan fingerprint density at radius 1 is 1.12 bits per heavy atom. The largest absolute Gasteiger partial charge is 0.459 e. The van der Waals surface area contributed by atoms with Crippen LogP contribution in [0, 0.1) is 0 Å². The number of carbonyl (C=O) groups is 3. The maximum atomic E-state index is 13.7. The molecular weight excluding hydrogens is 436 g/mol. The number of ether oxygens (including phenoxy) is 1. The van der Waals surface area contributed by atoms with Gasteiger partial charge < -0.3 is 29.2 Å². The number of furan rings is 1. The van der Waals surface area contributed by atoms with Crippen LogP contribution in [0.4, 0.5) is 5.69 Å². The van der Waals surface area contributed by atoms with Gasteiger partial charge in [0.1, 0.15) is 12.1 Å². The summed E-state index contributed by atoms with van der Waals surface area (Å²) < 4.78 is 10.6. The second-order valence-electron chi connectivity index (χ2n) is 8.61. The van der Waals surface area contributed by atoms with Gasteiger partial charge in [-0.15, -0.1) is 0 Å². The summed E-state index contributed by atoms with van der Waals surface area (Å²) in [5.74, 6) is -0.109. The minimum absolute atomic E-state index is 0.00753. The fraction of sp³-hybridized carbons (Fsp3) is 0.480. The number of benzene rings is 1. The Morgan fingerprint density at radius 3 is 2.56 bits per heavy atom. The molecule has 0 atom stereocenters. The van der Waals surface area contributed by atoms with E-state index < -0.39 is 5.54 Å². The second-order valence-corrected chi connectivity index (χ2v) is 8.61. The van der Waals surface area contributed by atoms with Crippen molar-refractivity contribution in [3.8, 4) is 0 Å². The third-order valence-electron chi connectivity index (χ3n) is 6.52. The molecule has 3 heterocycles. The maximum absolute atomic E-state index is 13.7. The lowest BCUT2D eigenvalue weighted by molar-refractivity contribution is -0.137. The quantitative estimate of drug-likeness (QED) is 0.567.